The Morgan fingerprint density at radius 1 is 1.00 bits per heavy atom. The van der Waals surface area contributed by atoms with E-state index in [1.807, 2.05) is 13.8 Å². The van der Waals surface area contributed by atoms with Gasteiger partial charge in [-0.3, -0.25) is 0 Å². The third kappa shape index (κ3) is 1.82. The van der Waals surface area contributed by atoms with E-state index in [1.165, 1.54) is 22.2 Å². The first-order chi connectivity index (χ1) is 6.68. The largest absolute Gasteiger partial charge is 0.348 e. The minimum Gasteiger partial charge on any atom is -0.348 e. The summed E-state index contributed by atoms with van der Waals surface area (Å²) in [4.78, 5) is 0. The first-order valence-corrected chi connectivity index (χ1v) is 5.21. The molecule has 0 fully saturated rings. The molecule has 0 saturated heterocycles. The monoisotopic (exact) mass is 189 g/mol. The van der Waals surface area contributed by atoms with E-state index in [4.69, 9.17) is 0 Å². The highest BCUT2D eigenvalue weighted by Gasteiger charge is 2.00. The Bertz CT molecular complexity index is 424. The van der Waals surface area contributed by atoms with Crippen LogP contribution in [-0.2, 0) is 7.05 Å². The van der Waals surface area contributed by atoms with Gasteiger partial charge < -0.3 is 4.57 Å². The fraction of sp³-hybridized carbons (Fsp3) is 0.385. The van der Waals surface area contributed by atoms with Crippen LogP contribution in [0.4, 0.5) is 0 Å². The van der Waals surface area contributed by atoms with E-state index >= 15 is 0 Å². The fourth-order valence-corrected chi connectivity index (χ4v) is 1.58. The lowest BCUT2D eigenvalue weighted by Gasteiger charge is -1.98. The zero-order valence-electron chi connectivity index (χ0n) is 9.76. The number of hydrogen-bond acceptors (Lipinski definition) is 0. The van der Waals surface area contributed by atoms with E-state index in [-0.39, 0.29) is 0 Å². The van der Waals surface area contributed by atoms with Crippen LogP contribution < -0.4 is 0 Å². The van der Waals surface area contributed by atoms with Crippen molar-refractivity contribution in [2.24, 2.45) is 7.05 Å². The quantitative estimate of drug-likeness (QED) is 0.593. The standard InChI is InChI=1S/C11H13N.C2H6/c1-8-4-5-10-7-9(2)12(3)11(10)6-8;1-2/h4-7H,1-3H3;1-2H3. The third-order valence-electron chi connectivity index (χ3n) is 2.44. The lowest BCUT2D eigenvalue weighted by Crippen LogP contribution is -1.89. The zero-order chi connectivity index (χ0) is 10.7. The Balaban J connectivity index is 0.000000461. The van der Waals surface area contributed by atoms with Crippen LogP contribution in [0.1, 0.15) is 25.1 Å². The minimum absolute atomic E-state index is 1.32. The Labute approximate surface area is 86.4 Å². The number of aryl methyl sites for hydroxylation is 3. The van der Waals surface area contributed by atoms with E-state index in [1.54, 1.807) is 0 Å². The molecule has 0 saturated carbocycles. The fourth-order valence-electron chi connectivity index (χ4n) is 1.58. The Kier molecular flexibility index (Phi) is 3.34. The molecule has 0 radical (unpaired) electrons. The molecule has 0 unspecified atom stereocenters. The molecule has 1 nitrogen and oxygen atoms in total. The van der Waals surface area contributed by atoms with Crippen LogP contribution in [0.2, 0.25) is 0 Å². The number of nitrogens with zero attached hydrogens (tertiary/aromatic N) is 1. The van der Waals surface area contributed by atoms with Crippen molar-refractivity contribution < 1.29 is 0 Å². The summed E-state index contributed by atoms with van der Waals surface area (Å²) in [5, 5.41) is 1.33. The number of aromatic nitrogens is 1. The molecule has 0 aliphatic carbocycles. The highest BCUT2D eigenvalue weighted by atomic mass is 14.9. The van der Waals surface area contributed by atoms with Gasteiger partial charge in [0.25, 0.3) is 0 Å². The van der Waals surface area contributed by atoms with Gasteiger partial charge in [-0.15, -0.1) is 0 Å². The molecule has 14 heavy (non-hydrogen) atoms. The molecule has 1 heteroatoms. The van der Waals surface area contributed by atoms with Gasteiger partial charge in [0, 0.05) is 18.3 Å². The zero-order valence-corrected chi connectivity index (χ0v) is 9.76. The molecule has 0 spiro atoms. The number of hydrogen-bond donors (Lipinski definition) is 0. The number of rotatable bonds is 0. The summed E-state index contributed by atoms with van der Waals surface area (Å²) >= 11 is 0. The summed E-state index contributed by atoms with van der Waals surface area (Å²) in [6.45, 7) is 8.26. The maximum Gasteiger partial charge on any atom is 0.0482 e. The predicted molar refractivity (Wildman–Crippen MR) is 63.7 cm³/mol. The molecule has 76 valence electrons. The molecule has 2 aromatic rings. The van der Waals surface area contributed by atoms with Gasteiger partial charge in [0.05, 0.1) is 0 Å². The highest BCUT2D eigenvalue weighted by molar-refractivity contribution is 5.81. The van der Waals surface area contributed by atoms with Crippen LogP contribution >= 0.6 is 0 Å². The van der Waals surface area contributed by atoms with Gasteiger partial charge in [-0.1, -0.05) is 26.0 Å². The molecule has 0 bridgehead atoms. The maximum atomic E-state index is 2.22. The molecule has 1 heterocycles. The third-order valence-corrected chi connectivity index (χ3v) is 2.44. The Morgan fingerprint density at radius 2 is 1.64 bits per heavy atom. The molecule has 1 aromatic heterocycles. The summed E-state index contributed by atoms with van der Waals surface area (Å²) in [6, 6.07) is 8.77. The van der Waals surface area contributed by atoms with Crippen molar-refractivity contribution in [3.8, 4) is 0 Å². The lowest BCUT2D eigenvalue weighted by molar-refractivity contribution is 0.917. The number of fused-ring (bicyclic) bond motifs is 1. The smallest absolute Gasteiger partial charge is 0.0482 e. The van der Waals surface area contributed by atoms with Crippen molar-refractivity contribution in [2.75, 3.05) is 0 Å². The molecule has 0 atom stereocenters. The van der Waals surface area contributed by atoms with Crippen LogP contribution in [0.3, 0.4) is 0 Å². The topological polar surface area (TPSA) is 4.93 Å². The van der Waals surface area contributed by atoms with Gasteiger partial charge in [-0.25, -0.2) is 0 Å². The van der Waals surface area contributed by atoms with Gasteiger partial charge in [-0.05, 0) is 36.9 Å². The van der Waals surface area contributed by atoms with Gasteiger partial charge in [-0.2, -0.15) is 0 Å². The SMILES string of the molecule is CC.Cc1ccc2cc(C)n(C)c2c1. The van der Waals surface area contributed by atoms with Crippen molar-refractivity contribution in [1.29, 1.82) is 0 Å². The van der Waals surface area contributed by atoms with E-state index in [9.17, 15) is 0 Å². The predicted octanol–water partition coefficient (Wildman–Crippen LogP) is 3.82. The summed E-state index contributed by atoms with van der Waals surface area (Å²) in [5.74, 6) is 0. The molecule has 0 amide bonds. The molecule has 0 aliphatic rings. The average Bonchev–Trinajstić information content (AvgIpc) is 2.48. The number of benzene rings is 1. The molecule has 2 rings (SSSR count). The second-order valence-electron chi connectivity index (χ2n) is 3.41. The van der Waals surface area contributed by atoms with Gasteiger partial charge in [0.2, 0.25) is 0 Å². The molecule has 1 aromatic carbocycles. The van der Waals surface area contributed by atoms with E-state index in [0.29, 0.717) is 0 Å². The van der Waals surface area contributed by atoms with Crippen molar-refractivity contribution >= 4 is 10.9 Å². The summed E-state index contributed by atoms with van der Waals surface area (Å²) in [6.07, 6.45) is 0. The van der Waals surface area contributed by atoms with Crippen LogP contribution in [0, 0.1) is 13.8 Å². The Hall–Kier alpha value is -1.24. The molecular weight excluding hydrogens is 170 g/mol. The van der Waals surface area contributed by atoms with Crippen LogP contribution in [0.15, 0.2) is 24.3 Å². The van der Waals surface area contributed by atoms with Crippen LogP contribution in [0.5, 0.6) is 0 Å². The van der Waals surface area contributed by atoms with E-state index in [2.05, 4.69) is 49.7 Å². The second kappa shape index (κ2) is 4.32. The first kappa shape index (κ1) is 10.8. The Morgan fingerprint density at radius 3 is 2.29 bits per heavy atom. The van der Waals surface area contributed by atoms with Gasteiger partial charge in [0.15, 0.2) is 0 Å². The second-order valence-corrected chi connectivity index (χ2v) is 3.41. The highest BCUT2D eigenvalue weighted by Crippen LogP contribution is 2.18. The normalized spacial score (nSPS) is 9.79. The van der Waals surface area contributed by atoms with Crippen molar-refractivity contribution in [3.05, 3.63) is 35.5 Å². The summed E-state index contributed by atoms with van der Waals surface area (Å²) in [7, 11) is 2.11. The van der Waals surface area contributed by atoms with Crippen LogP contribution in [-0.4, -0.2) is 4.57 Å². The van der Waals surface area contributed by atoms with Crippen molar-refractivity contribution in [3.63, 3.8) is 0 Å². The summed E-state index contributed by atoms with van der Waals surface area (Å²) < 4.78 is 2.22. The van der Waals surface area contributed by atoms with Crippen LogP contribution in [0.25, 0.3) is 10.9 Å². The van der Waals surface area contributed by atoms with E-state index in [0.717, 1.165) is 0 Å². The van der Waals surface area contributed by atoms with E-state index < -0.39 is 0 Å². The maximum absolute atomic E-state index is 2.22. The molecule has 0 aliphatic heterocycles. The van der Waals surface area contributed by atoms with Gasteiger partial charge in [0.1, 0.15) is 0 Å². The average molecular weight is 189 g/mol. The minimum atomic E-state index is 1.32. The van der Waals surface area contributed by atoms with Crippen molar-refractivity contribution in [1.82, 2.24) is 4.57 Å². The summed E-state index contributed by atoms with van der Waals surface area (Å²) in [5.41, 5.74) is 3.96. The van der Waals surface area contributed by atoms with Gasteiger partial charge >= 0.3 is 0 Å². The first-order valence-electron chi connectivity index (χ1n) is 5.21. The molecule has 0 N–H and O–H groups in total. The van der Waals surface area contributed by atoms with Crippen molar-refractivity contribution in [2.45, 2.75) is 27.7 Å². The molecular formula is C13H19N. The lowest BCUT2D eigenvalue weighted by atomic mass is 10.2.